The highest BCUT2D eigenvalue weighted by Gasteiger charge is 2.52. The van der Waals surface area contributed by atoms with E-state index in [0.717, 1.165) is 6.29 Å². The maximum atomic E-state index is 11.1. The number of aldehydes is 1. The van der Waals surface area contributed by atoms with Gasteiger partial charge in [0.1, 0.15) is 12.0 Å². The lowest BCUT2D eigenvalue weighted by Crippen LogP contribution is -2.41. The van der Waals surface area contributed by atoms with E-state index in [1.54, 1.807) is 25.3 Å². The Balaban J connectivity index is 2.16. The first-order valence-corrected chi connectivity index (χ1v) is 7.95. The van der Waals surface area contributed by atoms with Gasteiger partial charge in [-0.15, -0.1) is 0 Å². The summed E-state index contributed by atoms with van der Waals surface area (Å²) in [5.41, 5.74) is 0.267. The molecule has 0 aliphatic carbocycles. The Morgan fingerprint density at radius 3 is 2.38 bits per heavy atom. The summed E-state index contributed by atoms with van der Waals surface area (Å²) < 4.78 is 28.0. The van der Waals surface area contributed by atoms with Crippen LogP contribution in [0, 0.1) is 0 Å². The molecule has 1 aliphatic heterocycles. The highest BCUT2D eigenvalue weighted by atomic mass is 16.7. The maximum Gasteiger partial charge on any atom is 0.498 e. The molecule has 0 amide bonds. The molecule has 0 bridgehead atoms. The van der Waals surface area contributed by atoms with E-state index in [4.69, 9.17) is 23.5 Å². The van der Waals surface area contributed by atoms with E-state index in [0.29, 0.717) is 30.0 Å². The summed E-state index contributed by atoms with van der Waals surface area (Å²) in [7, 11) is 1.00. The Morgan fingerprint density at radius 2 is 1.79 bits per heavy atom. The van der Waals surface area contributed by atoms with Gasteiger partial charge in [0, 0.05) is 18.1 Å². The molecule has 0 atom stereocenters. The Kier molecular flexibility index (Phi) is 6.04. The summed E-state index contributed by atoms with van der Waals surface area (Å²) >= 11 is 0. The molecule has 0 radical (unpaired) electrons. The van der Waals surface area contributed by atoms with Gasteiger partial charge in [-0.05, 0) is 45.9 Å². The van der Waals surface area contributed by atoms with Crippen LogP contribution in [-0.4, -0.2) is 51.7 Å². The third-order valence-electron chi connectivity index (χ3n) is 4.41. The molecule has 0 saturated carbocycles. The van der Waals surface area contributed by atoms with Gasteiger partial charge in [0.25, 0.3) is 0 Å². The van der Waals surface area contributed by atoms with Gasteiger partial charge in [-0.3, -0.25) is 4.79 Å². The van der Waals surface area contributed by atoms with E-state index in [-0.39, 0.29) is 6.79 Å². The number of hydrogen-bond donors (Lipinski definition) is 0. The van der Waals surface area contributed by atoms with Crippen molar-refractivity contribution in [3.63, 3.8) is 0 Å². The smallest absolute Gasteiger partial charge is 0.468 e. The summed E-state index contributed by atoms with van der Waals surface area (Å²) in [6.45, 7) is 8.93. The first-order chi connectivity index (χ1) is 11.3. The van der Waals surface area contributed by atoms with Gasteiger partial charge < -0.3 is 23.5 Å². The van der Waals surface area contributed by atoms with Crippen molar-refractivity contribution >= 4 is 18.9 Å². The second kappa shape index (κ2) is 7.65. The number of ether oxygens (including phenoxy) is 3. The molecule has 0 N–H and O–H groups in total. The lowest BCUT2D eigenvalue weighted by atomic mass is 9.77. The van der Waals surface area contributed by atoms with Crippen LogP contribution < -0.4 is 10.2 Å². The lowest BCUT2D eigenvalue weighted by molar-refractivity contribution is -0.00812. The van der Waals surface area contributed by atoms with Crippen molar-refractivity contribution in [1.29, 1.82) is 0 Å². The summed E-state index contributed by atoms with van der Waals surface area (Å²) in [5.74, 6) is 0.566. The first-order valence-electron chi connectivity index (χ1n) is 7.95. The van der Waals surface area contributed by atoms with E-state index in [2.05, 4.69) is 0 Å². The quantitative estimate of drug-likeness (QED) is 0.312. The van der Waals surface area contributed by atoms with E-state index in [1.165, 1.54) is 0 Å². The third-order valence-corrected chi connectivity index (χ3v) is 4.41. The largest absolute Gasteiger partial charge is 0.498 e. The van der Waals surface area contributed by atoms with Gasteiger partial charge in [-0.2, -0.15) is 0 Å². The van der Waals surface area contributed by atoms with Crippen molar-refractivity contribution in [3.05, 3.63) is 23.8 Å². The van der Waals surface area contributed by atoms with Gasteiger partial charge in [0.15, 0.2) is 6.79 Å². The molecule has 0 unspecified atom stereocenters. The highest BCUT2D eigenvalue weighted by Crippen LogP contribution is 2.37. The van der Waals surface area contributed by atoms with Crippen LogP contribution in [0.3, 0.4) is 0 Å². The predicted molar refractivity (Wildman–Crippen MR) is 90.9 cm³/mol. The molecule has 1 aromatic rings. The maximum absolute atomic E-state index is 11.1. The normalized spacial score (nSPS) is 18.6. The number of benzene rings is 1. The van der Waals surface area contributed by atoms with E-state index < -0.39 is 18.3 Å². The number of rotatable bonds is 8. The molecule has 2 rings (SSSR count). The molecular weight excluding hydrogens is 311 g/mol. The van der Waals surface area contributed by atoms with Crippen LogP contribution >= 0.6 is 0 Å². The van der Waals surface area contributed by atoms with E-state index in [1.807, 2.05) is 27.7 Å². The minimum atomic E-state index is -0.608. The molecule has 0 spiro atoms. The average molecular weight is 336 g/mol. The van der Waals surface area contributed by atoms with Crippen LogP contribution in [0.2, 0.25) is 0 Å². The standard InChI is InChI=1S/C17H25BO6/c1-16(2)17(3,4)24-18(23-16)14-10-13(11-19)6-7-15(14)22-12-21-9-8-20-5/h6-7,10-11H,8-9,12H2,1-5H3. The molecule has 1 aliphatic rings. The monoisotopic (exact) mass is 336 g/mol. The van der Waals surface area contributed by atoms with E-state index in [9.17, 15) is 4.79 Å². The Morgan fingerprint density at radius 1 is 1.12 bits per heavy atom. The predicted octanol–water partition coefficient (Wildman–Crippen LogP) is 1.80. The zero-order valence-electron chi connectivity index (χ0n) is 15.0. The highest BCUT2D eigenvalue weighted by molar-refractivity contribution is 6.63. The molecule has 1 aromatic carbocycles. The van der Waals surface area contributed by atoms with Crippen molar-refractivity contribution in [2.75, 3.05) is 27.1 Å². The van der Waals surface area contributed by atoms with Gasteiger partial charge in [-0.25, -0.2) is 0 Å². The zero-order valence-corrected chi connectivity index (χ0v) is 15.0. The first kappa shape index (κ1) is 18.9. The van der Waals surface area contributed by atoms with Crippen molar-refractivity contribution in [3.8, 4) is 5.75 Å². The number of hydrogen-bond acceptors (Lipinski definition) is 6. The van der Waals surface area contributed by atoms with Crippen LogP contribution in [0.1, 0.15) is 38.1 Å². The minimum Gasteiger partial charge on any atom is -0.468 e. The molecule has 0 aromatic heterocycles. The van der Waals surface area contributed by atoms with Crippen LogP contribution in [0.4, 0.5) is 0 Å². The molecule has 1 heterocycles. The lowest BCUT2D eigenvalue weighted by Gasteiger charge is -2.32. The van der Waals surface area contributed by atoms with Crippen molar-refractivity contribution in [2.45, 2.75) is 38.9 Å². The average Bonchev–Trinajstić information content (AvgIpc) is 2.75. The third kappa shape index (κ3) is 4.16. The summed E-state index contributed by atoms with van der Waals surface area (Å²) in [4.78, 5) is 11.1. The zero-order chi connectivity index (χ0) is 17.8. The summed E-state index contributed by atoms with van der Waals surface area (Å²) in [5, 5.41) is 0. The Labute approximate surface area is 143 Å². The molecule has 7 heteroatoms. The van der Waals surface area contributed by atoms with Gasteiger partial charge in [0.05, 0.1) is 24.4 Å². The van der Waals surface area contributed by atoms with Crippen LogP contribution in [0.25, 0.3) is 0 Å². The SMILES string of the molecule is COCCOCOc1ccc(C=O)cc1B1OC(C)(C)C(C)(C)O1. The van der Waals surface area contributed by atoms with Crippen LogP contribution in [0.5, 0.6) is 5.75 Å². The van der Waals surface area contributed by atoms with Gasteiger partial charge in [0.2, 0.25) is 0 Å². The second-order valence-electron chi connectivity index (χ2n) is 6.67. The molecule has 24 heavy (non-hydrogen) atoms. The van der Waals surface area contributed by atoms with Crippen molar-refractivity contribution < 1.29 is 28.3 Å². The molecule has 132 valence electrons. The van der Waals surface area contributed by atoms with Crippen LogP contribution in [0.15, 0.2) is 18.2 Å². The molecular formula is C17H25BO6. The fourth-order valence-corrected chi connectivity index (χ4v) is 2.23. The summed E-state index contributed by atoms with van der Waals surface area (Å²) in [6, 6.07) is 5.13. The number of methoxy groups -OCH3 is 1. The Hall–Kier alpha value is -1.41. The van der Waals surface area contributed by atoms with E-state index >= 15 is 0 Å². The minimum absolute atomic E-state index is 0.0797. The second-order valence-corrected chi connectivity index (χ2v) is 6.67. The fraction of sp³-hybridized carbons (Fsp3) is 0.588. The molecule has 6 nitrogen and oxygen atoms in total. The number of carbonyl (C=O) groups is 1. The van der Waals surface area contributed by atoms with Gasteiger partial charge in [-0.1, -0.05) is 0 Å². The Bertz CT molecular complexity index is 556. The van der Waals surface area contributed by atoms with Crippen LogP contribution in [-0.2, 0) is 18.8 Å². The van der Waals surface area contributed by atoms with Crippen molar-refractivity contribution in [1.82, 2.24) is 0 Å². The fourth-order valence-electron chi connectivity index (χ4n) is 2.23. The molecule has 1 saturated heterocycles. The topological polar surface area (TPSA) is 63.2 Å². The van der Waals surface area contributed by atoms with Crippen molar-refractivity contribution in [2.24, 2.45) is 0 Å². The number of carbonyl (C=O) groups excluding carboxylic acids is 1. The summed E-state index contributed by atoms with van der Waals surface area (Å²) in [6.07, 6.45) is 0.785. The molecule has 1 fully saturated rings. The van der Waals surface area contributed by atoms with Gasteiger partial charge >= 0.3 is 7.12 Å².